The fourth-order valence-corrected chi connectivity index (χ4v) is 5.03. The average molecular weight is 448 g/mol. The van der Waals surface area contributed by atoms with E-state index in [2.05, 4.69) is 10.2 Å². The highest BCUT2D eigenvalue weighted by Crippen LogP contribution is 2.38. The van der Waals surface area contributed by atoms with Crippen LogP contribution in [0.15, 0.2) is 24.3 Å². The highest BCUT2D eigenvalue weighted by molar-refractivity contribution is 5.85. The number of ether oxygens (including phenoxy) is 1. The van der Waals surface area contributed by atoms with Crippen molar-refractivity contribution in [2.24, 2.45) is 11.8 Å². The zero-order valence-electron chi connectivity index (χ0n) is 20.1. The second kappa shape index (κ2) is 10.2. The third-order valence-electron chi connectivity index (χ3n) is 6.59. The smallest absolute Gasteiger partial charge is 0.410 e. The lowest BCUT2D eigenvalue weighted by atomic mass is 9.97. The van der Waals surface area contributed by atoms with Crippen LogP contribution in [0, 0.1) is 17.7 Å². The highest BCUT2D eigenvalue weighted by Gasteiger charge is 2.44. The first kappa shape index (κ1) is 24.5. The summed E-state index contributed by atoms with van der Waals surface area (Å²) in [7, 11) is 1.64. The quantitative estimate of drug-likeness (QED) is 0.681. The molecule has 3 rings (SSSR count). The molecule has 1 saturated heterocycles. The van der Waals surface area contributed by atoms with E-state index in [0.29, 0.717) is 18.3 Å². The summed E-state index contributed by atoms with van der Waals surface area (Å²) in [5.74, 6) is 0.665. The second-order valence-corrected chi connectivity index (χ2v) is 10.3. The minimum Gasteiger partial charge on any atom is -0.444 e. The standard InChI is InChI=1S/C25H38FN3O3/c1-6-7-22(28(5)24(31)32-25(2,3)4)23(30)27-21-13-10-18-15-29(16-20(18)21)14-17-8-11-19(26)12-9-17/h8-9,11-12,18,20-22H,6-7,10,13-16H2,1-5H3,(H,27,30)/t18-,20+,21+,22+/m1/s1. The van der Waals surface area contributed by atoms with Gasteiger partial charge in [0.1, 0.15) is 17.5 Å². The van der Waals surface area contributed by atoms with Gasteiger partial charge in [-0.3, -0.25) is 14.6 Å². The summed E-state index contributed by atoms with van der Waals surface area (Å²) in [5, 5.41) is 3.26. The van der Waals surface area contributed by atoms with Gasteiger partial charge in [-0.25, -0.2) is 9.18 Å². The maximum absolute atomic E-state index is 13.2. The Morgan fingerprint density at radius 3 is 2.53 bits per heavy atom. The summed E-state index contributed by atoms with van der Waals surface area (Å²) in [6.07, 6.45) is 2.99. The zero-order chi connectivity index (χ0) is 23.5. The molecule has 0 spiro atoms. The molecular weight excluding hydrogens is 409 g/mol. The predicted octanol–water partition coefficient (Wildman–Crippen LogP) is 4.19. The number of rotatable bonds is 7. The van der Waals surface area contributed by atoms with E-state index < -0.39 is 17.7 Å². The molecular formula is C25H38FN3O3. The molecule has 2 aliphatic rings. The molecule has 1 aromatic carbocycles. The Morgan fingerprint density at radius 2 is 1.91 bits per heavy atom. The van der Waals surface area contributed by atoms with Crippen molar-refractivity contribution in [2.45, 2.75) is 77.6 Å². The van der Waals surface area contributed by atoms with Crippen molar-refractivity contribution >= 4 is 12.0 Å². The Balaban J connectivity index is 1.58. The minimum absolute atomic E-state index is 0.0946. The normalized spacial score (nSPS) is 24.1. The first-order chi connectivity index (χ1) is 15.1. The summed E-state index contributed by atoms with van der Waals surface area (Å²) >= 11 is 0. The molecule has 2 fully saturated rings. The molecule has 1 aliphatic carbocycles. The van der Waals surface area contributed by atoms with Gasteiger partial charge in [0.05, 0.1) is 0 Å². The van der Waals surface area contributed by atoms with E-state index in [1.807, 2.05) is 39.8 Å². The number of nitrogens with zero attached hydrogens (tertiary/aromatic N) is 2. The molecule has 178 valence electrons. The van der Waals surface area contributed by atoms with Crippen LogP contribution in [-0.4, -0.2) is 59.6 Å². The Kier molecular flexibility index (Phi) is 7.80. The van der Waals surface area contributed by atoms with E-state index in [0.717, 1.165) is 44.5 Å². The Bertz CT molecular complexity index is 793. The predicted molar refractivity (Wildman–Crippen MR) is 123 cm³/mol. The summed E-state index contributed by atoms with van der Waals surface area (Å²) < 4.78 is 18.7. The summed E-state index contributed by atoms with van der Waals surface area (Å²) in [4.78, 5) is 29.6. The lowest BCUT2D eigenvalue weighted by Crippen LogP contribution is -2.52. The van der Waals surface area contributed by atoms with Gasteiger partial charge in [-0.2, -0.15) is 0 Å². The number of carbonyl (C=O) groups is 2. The van der Waals surface area contributed by atoms with E-state index in [9.17, 15) is 14.0 Å². The molecule has 1 aliphatic heterocycles. The number of benzene rings is 1. The van der Waals surface area contributed by atoms with Crippen molar-refractivity contribution in [3.05, 3.63) is 35.6 Å². The molecule has 1 N–H and O–H groups in total. The molecule has 0 bridgehead atoms. The van der Waals surface area contributed by atoms with Gasteiger partial charge in [-0.15, -0.1) is 0 Å². The van der Waals surface area contributed by atoms with E-state index in [4.69, 9.17) is 4.74 Å². The van der Waals surface area contributed by atoms with Gasteiger partial charge in [-0.1, -0.05) is 25.5 Å². The Hall–Kier alpha value is -2.15. The van der Waals surface area contributed by atoms with E-state index >= 15 is 0 Å². The maximum Gasteiger partial charge on any atom is 0.410 e. The fraction of sp³-hybridized carbons (Fsp3) is 0.680. The molecule has 0 unspecified atom stereocenters. The number of amides is 2. The van der Waals surface area contributed by atoms with Crippen molar-refractivity contribution in [1.29, 1.82) is 0 Å². The third-order valence-corrected chi connectivity index (χ3v) is 6.59. The van der Waals surface area contributed by atoms with Crippen molar-refractivity contribution in [3.8, 4) is 0 Å². The third kappa shape index (κ3) is 6.21. The van der Waals surface area contributed by atoms with Gasteiger partial charge in [0.15, 0.2) is 0 Å². The maximum atomic E-state index is 13.2. The number of halogens is 1. The lowest BCUT2D eigenvalue weighted by molar-refractivity contribution is -0.127. The van der Waals surface area contributed by atoms with E-state index in [1.54, 1.807) is 7.05 Å². The first-order valence-corrected chi connectivity index (χ1v) is 11.8. The molecule has 7 heteroatoms. The SMILES string of the molecule is CCC[C@@H](C(=O)N[C@H]1CC[C@@H]2CN(Cc3ccc(F)cc3)C[C@@H]21)N(C)C(=O)OC(C)(C)C. The van der Waals surface area contributed by atoms with Crippen molar-refractivity contribution in [1.82, 2.24) is 15.1 Å². The van der Waals surface area contributed by atoms with Gasteiger partial charge in [0.2, 0.25) is 5.91 Å². The molecule has 1 heterocycles. The minimum atomic E-state index is -0.602. The topological polar surface area (TPSA) is 61.9 Å². The van der Waals surface area contributed by atoms with Crippen LogP contribution in [0.25, 0.3) is 0 Å². The molecule has 0 radical (unpaired) electrons. The van der Waals surface area contributed by atoms with E-state index in [-0.39, 0.29) is 17.8 Å². The lowest BCUT2D eigenvalue weighted by Gasteiger charge is -2.31. The average Bonchev–Trinajstić information content (AvgIpc) is 3.27. The van der Waals surface area contributed by atoms with E-state index in [1.165, 1.54) is 17.0 Å². The molecule has 6 nitrogen and oxygen atoms in total. The van der Waals surface area contributed by atoms with Gasteiger partial charge < -0.3 is 10.1 Å². The first-order valence-electron chi connectivity index (χ1n) is 11.8. The van der Waals surface area contributed by atoms with Crippen LogP contribution in [0.2, 0.25) is 0 Å². The van der Waals surface area contributed by atoms with Crippen LogP contribution >= 0.6 is 0 Å². The van der Waals surface area contributed by atoms with Crippen LogP contribution in [0.4, 0.5) is 9.18 Å². The molecule has 2 amide bonds. The summed E-state index contributed by atoms with van der Waals surface area (Å²) in [6.45, 7) is 10.2. The molecule has 32 heavy (non-hydrogen) atoms. The number of hydrogen-bond donors (Lipinski definition) is 1. The van der Waals surface area contributed by atoms with Gasteiger partial charge in [-0.05, 0) is 69.6 Å². The molecule has 1 saturated carbocycles. The number of hydrogen-bond acceptors (Lipinski definition) is 4. The van der Waals surface area contributed by atoms with Crippen LogP contribution in [0.3, 0.4) is 0 Å². The van der Waals surface area contributed by atoms with Crippen LogP contribution in [0.1, 0.15) is 58.9 Å². The molecule has 0 aromatic heterocycles. The number of likely N-dealkylation sites (tertiary alicyclic amines) is 1. The van der Waals surface area contributed by atoms with Crippen LogP contribution in [-0.2, 0) is 16.1 Å². The van der Waals surface area contributed by atoms with Crippen LogP contribution < -0.4 is 5.32 Å². The number of carbonyl (C=O) groups excluding carboxylic acids is 2. The zero-order valence-corrected chi connectivity index (χ0v) is 20.1. The second-order valence-electron chi connectivity index (χ2n) is 10.3. The monoisotopic (exact) mass is 447 g/mol. The molecule has 1 aromatic rings. The molecule has 4 atom stereocenters. The summed E-state index contributed by atoms with van der Waals surface area (Å²) in [6, 6.07) is 6.27. The fourth-order valence-electron chi connectivity index (χ4n) is 5.03. The van der Waals surface area contributed by atoms with Crippen molar-refractivity contribution in [2.75, 3.05) is 20.1 Å². The highest BCUT2D eigenvalue weighted by atomic mass is 19.1. The van der Waals surface area contributed by atoms with Gasteiger partial charge >= 0.3 is 6.09 Å². The van der Waals surface area contributed by atoms with Gasteiger partial charge in [0.25, 0.3) is 0 Å². The largest absolute Gasteiger partial charge is 0.444 e. The number of nitrogens with one attached hydrogen (secondary N) is 1. The van der Waals surface area contributed by atoms with Gasteiger partial charge in [0, 0.05) is 32.7 Å². The van der Waals surface area contributed by atoms with Crippen molar-refractivity contribution in [3.63, 3.8) is 0 Å². The van der Waals surface area contributed by atoms with Crippen molar-refractivity contribution < 1.29 is 18.7 Å². The Morgan fingerprint density at radius 1 is 1.22 bits per heavy atom. The number of fused-ring (bicyclic) bond motifs is 1. The van der Waals surface area contributed by atoms with Crippen LogP contribution in [0.5, 0.6) is 0 Å². The summed E-state index contributed by atoms with van der Waals surface area (Å²) in [5.41, 5.74) is 0.503. The number of likely N-dealkylation sites (N-methyl/N-ethyl adjacent to an activating group) is 1. The Labute approximate surface area is 191 Å².